The molecule has 19 heavy (non-hydrogen) atoms. The van der Waals surface area contributed by atoms with E-state index in [1.165, 1.54) is 24.3 Å². The lowest BCUT2D eigenvalue weighted by atomic mass is 10.2. The molecule has 1 N–H and O–H groups in total. The highest BCUT2D eigenvalue weighted by Gasteiger charge is 2.15. The minimum absolute atomic E-state index is 0.0199. The summed E-state index contributed by atoms with van der Waals surface area (Å²) in [6, 6.07) is 8.95. The summed E-state index contributed by atoms with van der Waals surface area (Å²) in [6.07, 6.45) is 0. The number of hydrogen-bond acceptors (Lipinski definition) is 1. The van der Waals surface area contributed by atoms with Crippen LogP contribution in [-0.4, -0.2) is 5.91 Å². The first-order chi connectivity index (χ1) is 9.00. The van der Waals surface area contributed by atoms with Crippen molar-refractivity contribution >= 4 is 46.4 Å². The maximum atomic E-state index is 13.7. The molecule has 98 valence electrons. The molecule has 2 aromatic carbocycles. The molecule has 2 aromatic rings. The third-order valence-electron chi connectivity index (χ3n) is 2.40. The summed E-state index contributed by atoms with van der Waals surface area (Å²) < 4.78 is 13.7. The summed E-state index contributed by atoms with van der Waals surface area (Å²) in [5.41, 5.74) is 0.141. The number of anilines is 1. The summed E-state index contributed by atoms with van der Waals surface area (Å²) in [7, 11) is 0. The van der Waals surface area contributed by atoms with Crippen LogP contribution in [0.2, 0.25) is 15.1 Å². The van der Waals surface area contributed by atoms with Gasteiger partial charge in [-0.3, -0.25) is 4.79 Å². The van der Waals surface area contributed by atoms with Gasteiger partial charge in [0.25, 0.3) is 5.91 Å². The number of carbonyl (C=O) groups excluding carboxylic acids is 1. The van der Waals surface area contributed by atoms with Crippen molar-refractivity contribution in [2.45, 2.75) is 0 Å². The van der Waals surface area contributed by atoms with Crippen LogP contribution in [0, 0.1) is 5.82 Å². The van der Waals surface area contributed by atoms with Crippen LogP contribution in [0.3, 0.4) is 0 Å². The van der Waals surface area contributed by atoms with Crippen molar-refractivity contribution < 1.29 is 9.18 Å². The van der Waals surface area contributed by atoms with Gasteiger partial charge in [0.05, 0.1) is 26.3 Å². The first kappa shape index (κ1) is 14.1. The number of halogens is 4. The van der Waals surface area contributed by atoms with Gasteiger partial charge in [-0.2, -0.15) is 0 Å². The Hall–Kier alpha value is -1.29. The Morgan fingerprint density at radius 1 is 1.00 bits per heavy atom. The molecule has 6 heteroatoms. The second-order valence-electron chi connectivity index (χ2n) is 3.66. The first-order valence-corrected chi connectivity index (χ1v) is 6.33. The molecule has 0 heterocycles. The fourth-order valence-corrected chi connectivity index (χ4v) is 2.03. The van der Waals surface area contributed by atoms with E-state index in [1.54, 1.807) is 12.1 Å². The van der Waals surface area contributed by atoms with Crippen molar-refractivity contribution in [2.24, 2.45) is 0 Å². The van der Waals surface area contributed by atoms with Crippen LogP contribution in [-0.2, 0) is 0 Å². The number of hydrogen-bond donors (Lipinski definition) is 1. The van der Waals surface area contributed by atoms with Crippen molar-refractivity contribution in [1.82, 2.24) is 0 Å². The maximum Gasteiger partial charge on any atom is 0.257 e. The highest BCUT2D eigenvalue weighted by atomic mass is 35.5. The minimum Gasteiger partial charge on any atom is -0.319 e. The van der Waals surface area contributed by atoms with Crippen LogP contribution in [0.15, 0.2) is 36.4 Å². The summed E-state index contributed by atoms with van der Waals surface area (Å²) in [4.78, 5) is 12.0. The molecule has 0 saturated heterocycles. The summed E-state index contributed by atoms with van der Waals surface area (Å²) in [5.74, 6) is -1.26. The van der Waals surface area contributed by atoms with E-state index in [0.29, 0.717) is 0 Å². The smallest absolute Gasteiger partial charge is 0.257 e. The highest BCUT2D eigenvalue weighted by molar-refractivity contribution is 6.44. The molecular weight excluding hydrogens is 312 g/mol. The number of nitrogens with one attached hydrogen (secondary N) is 1. The van der Waals surface area contributed by atoms with E-state index in [0.717, 1.165) is 0 Å². The average molecular weight is 319 g/mol. The van der Waals surface area contributed by atoms with E-state index in [1.807, 2.05) is 0 Å². The van der Waals surface area contributed by atoms with Crippen LogP contribution in [0.4, 0.5) is 10.1 Å². The van der Waals surface area contributed by atoms with Gasteiger partial charge in [0.2, 0.25) is 0 Å². The molecule has 0 unspecified atom stereocenters. The number of amides is 1. The first-order valence-electron chi connectivity index (χ1n) is 5.20. The molecule has 0 saturated carbocycles. The molecule has 0 aliphatic rings. The Kier molecular flexibility index (Phi) is 4.30. The van der Waals surface area contributed by atoms with Crippen LogP contribution in [0.5, 0.6) is 0 Å². The zero-order valence-corrected chi connectivity index (χ0v) is 11.7. The molecular formula is C13H7Cl3FNO. The van der Waals surface area contributed by atoms with Crippen molar-refractivity contribution in [3.8, 4) is 0 Å². The average Bonchev–Trinajstić information content (AvgIpc) is 2.38. The molecule has 0 fully saturated rings. The van der Waals surface area contributed by atoms with Gasteiger partial charge in [0, 0.05) is 0 Å². The predicted molar refractivity (Wildman–Crippen MR) is 75.8 cm³/mol. The Morgan fingerprint density at radius 3 is 2.37 bits per heavy atom. The van der Waals surface area contributed by atoms with Crippen LogP contribution in [0.25, 0.3) is 0 Å². The van der Waals surface area contributed by atoms with Gasteiger partial charge in [-0.05, 0) is 24.3 Å². The van der Waals surface area contributed by atoms with Gasteiger partial charge >= 0.3 is 0 Å². The van der Waals surface area contributed by atoms with Crippen molar-refractivity contribution in [3.63, 3.8) is 0 Å². The molecule has 1 amide bonds. The third-order valence-corrected chi connectivity index (χ3v) is 3.51. The van der Waals surface area contributed by atoms with E-state index >= 15 is 0 Å². The quantitative estimate of drug-likeness (QED) is 0.826. The van der Waals surface area contributed by atoms with Gasteiger partial charge in [0.15, 0.2) is 5.82 Å². The predicted octanol–water partition coefficient (Wildman–Crippen LogP) is 5.04. The molecule has 0 atom stereocenters. The van der Waals surface area contributed by atoms with E-state index < -0.39 is 11.7 Å². The minimum atomic E-state index is -0.698. The van der Waals surface area contributed by atoms with Gasteiger partial charge in [0.1, 0.15) is 0 Å². The largest absolute Gasteiger partial charge is 0.319 e. The van der Waals surface area contributed by atoms with Gasteiger partial charge in [-0.25, -0.2) is 4.39 Å². The summed E-state index contributed by atoms with van der Waals surface area (Å²) >= 11 is 17.3. The lowest BCUT2D eigenvalue weighted by Gasteiger charge is -2.09. The Morgan fingerprint density at radius 2 is 1.63 bits per heavy atom. The number of rotatable bonds is 2. The van der Waals surface area contributed by atoms with Crippen molar-refractivity contribution in [1.29, 1.82) is 0 Å². The molecule has 2 rings (SSSR count). The molecule has 0 bridgehead atoms. The summed E-state index contributed by atoms with van der Waals surface area (Å²) in [6.45, 7) is 0. The molecule has 2 nitrogen and oxygen atoms in total. The van der Waals surface area contributed by atoms with Crippen LogP contribution < -0.4 is 5.32 Å². The van der Waals surface area contributed by atoms with Gasteiger partial charge in [-0.1, -0.05) is 46.9 Å². The fourth-order valence-electron chi connectivity index (χ4n) is 1.47. The third kappa shape index (κ3) is 3.00. The molecule has 0 aliphatic heterocycles. The van der Waals surface area contributed by atoms with Crippen LogP contribution in [0.1, 0.15) is 10.4 Å². The zero-order valence-electron chi connectivity index (χ0n) is 9.38. The lowest BCUT2D eigenvalue weighted by molar-refractivity contribution is 0.102. The molecule has 0 aromatic heterocycles. The van der Waals surface area contributed by atoms with E-state index in [-0.39, 0.29) is 26.3 Å². The number of carbonyl (C=O) groups is 1. The van der Waals surface area contributed by atoms with E-state index in [2.05, 4.69) is 5.32 Å². The normalized spacial score (nSPS) is 10.3. The second kappa shape index (κ2) is 5.78. The van der Waals surface area contributed by atoms with E-state index in [9.17, 15) is 9.18 Å². The van der Waals surface area contributed by atoms with Gasteiger partial charge < -0.3 is 5.32 Å². The zero-order chi connectivity index (χ0) is 14.0. The molecule has 0 aliphatic carbocycles. The molecule has 0 spiro atoms. The van der Waals surface area contributed by atoms with Crippen LogP contribution >= 0.6 is 34.8 Å². The van der Waals surface area contributed by atoms with E-state index in [4.69, 9.17) is 34.8 Å². The SMILES string of the molecule is O=C(Nc1cccc(Cl)c1F)c1cccc(Cl)c1Cl. The van der Waals surface area contributed by atoms with Gasteiger partial charge in [-0.15, -0.1) is 0 Å². The lowest BCUT2D eigenvalue weighted by Crippen LogP contribution is -2.13. The summed E-state index contributed by atoms with van der Waals surface area (Å²) in [5, 5.41) is 2.69. The number of benzene rings is 2. The Bertz CT molecular complexity index is 646. The van der Waals surface area contributed by atoms with Crippen molar-refractivity contribution in [2.75, 3.05) is 5.32 Å². The molecule has 0 radical (unpaired) electrons. The topological polar surface area (TPSA) is 29.1 Å². The highest BCUT2D eigenvalue weighted by Crippen LogP contribution is 2.27. The second-order valence-corrected chi connectivity index (χ2v) is 4.85. The van der Waals surface area contributed by atoms with Crippen molar-refractivity contribution in [3.05, 3.63) is 62.8 Å². The monoisotopic (exact) mass is 317 g/mol. The Balaban J connectivity index is 2.31. The standard InChI is InChI=1S/C13H7Cl3FNO/c14-8-4-1-3-7(11(8)16)13(19)18-10-6-2-5-9(15)12(10)17/h1-6H,(H,18,19). The fraction of sp³-hybridized carbons (Fsp3) is 0. The maximum absolute atomic E-state index is 13.7. The Labute approximate surface area is 124 Å².